The van der Waals surface area contributed by atoms with E-state index in [0.29, 0.717) is 12.5 Å². The molecule has 5 heterocycles. The van der Waals surface area contributed by atoms with Gasteiger partial charge in [0.25, 0.3) is 0 Å². The molecule has 0 saturated carbocycles. The first-order valence-corrected chi connectivity index (χ1v) is 12.5. The third-order valence-electron chi connectivity index (χ3n) is 7.03. The normalized spacial score (nSPS) is 24.2. The third-order valence-corrected chi connectivity index (χ3v) is 7.77. The summed E-state index contributed by atoms with van der Waals surface area (Å²) < 4.78 is 2.12. The van der Waals surface area contributed by atoms with Gasteiger partial charge in [0.2, 0.25) is 5.91 Å². The number of thiophene rings is 1. The molecule has 2 aliphatic rings. The average Bonchev–Trinajstić information content (AvgIpc) is 3.53. The summed E-state index contributed by atoms with van der Waals surface area (Å²) in [7, 11) is 0. The highest BCUT2D eigenvalue weighted by Gasteiger charge is 2.56. The first-order chi connectivity index (χ1) is 15.6. The van der Waals surface area contributed by atoms with E-state index in [1.54, 1.807) is 11.3 Å². The van der Waals surface area contributed by atoms with Gasteiger partial charge in [-0.3, -0.25) is 19.4 Å². The molecule has 2 aliphatic heterocycles. The Balaban J connectivity index is 1.48. The number of hydrogen-bond donors (Lipinski definition) is 0. The molecule has 3 aromatic rings. The Bertz CT molecular complexity index is 1050. The molecular weight excluding hydrogens is 418 g/mol. The van der Waals surface area contributed by atoms with Gasteiger partial charge in [-0.25, -0.2) is 0 Å². The van der Waals surface area contributed by atoms with E-state index in [4.69, 9.17) is 0 Å². The summed E-state index contributed by atoms with van der Waals surface area (Å²) in [6, 6.07) is 8.63. The van der Waals surface area contributed by atoms with Crippen molar-refractivity contribution < 1.29 is 4.79 Å². The van der Waals surface area contributed by atoms with Crippen molar-refractivity contribution in [3.05, 3.63) is 70.4 Å². The molecule has 2 atom stereocenters. The number of rotatable bonds is 6. The Morgan fingerprint density at radius 1 is 1.12 bits per heavy atom. The molecule has 0 aliphatic carbocycles. The van der Waals surface area contributed by atoms with Gasteiger partial charge in [-0.2, -0.15) is 16.4 Å². The van der Waals surface area contributed by atoms with Crippen LogP contribution in [-0.4, -0.2) is 50.1 Å². The number of carbonyl (C=O) groups is 1. The van der Waals surface area contributed by atoms with Gasteiger partial charge >= 0.3 is 0 Å². The summed E-state index contributed by atoms with van der Waals surface area (Å²) in [5.74, 6) is 0.452. The fourth-order valence-electron chi connectivity index (χ4n) is 5.61. The fraction of sp³-hybridized carbons (Fsp3) is 0.480. The maximum Gasteiger partial charge on any atom is 0.231 e. The van der Waals surface area contributed by atoms with Gasteiger partial charge in [-0.1, -0.05) is 0 Å². The summed E-state index contributed by atoms with van der Waals surface area (Å²) in [6.45, 7) is 8.41. The number of pyridine rings is 1. The molecule has 5 rings (SSSR count). The Morgan fingerprint density at radius 2 is 1.97 bits per heavy atom. The molecule has 6 nitrogen and oxygen atoms in total. The molecule has 0 unspecified atom stereocenters. The molecule has 1 spiro atoms. The van der Waals surface area contributed by atoms with E-state index in [1.807, 2.05) is 30.7 Å². The molecule has 2 fully saturated rings. The van der Waals surface area contributed by atoms with Crippen molar-refractivity contribution in [2.75, 3.05) is 19.6 Å². The largest absolute Gasteiger partial charge is 0.338 e. The molecule has 7 heteroatoms. The van der Waals surface area contributed by atoms with Crippen LogP contribution in [0.4, 0.5) is 0 Å². The van der Waals surface area contributed by atoms with Gasteiger partial charge in [-0.15, -0.1) is 0 Å². The minimum atomic E-state index is -0.395. The van der Waals surface area contributed by atoms with Crippen LogP contribution in [0.5, 0.6) is 0 Å². The second kappa shape index (κ2) is 8.79. The van der Waals surface area contributed by atoms with Gasteiger partial charge in [0.05, 0.1) is 5.41 Å². The zero-order valence-electron chi connectivity index (χ0n) is 18.9. The van der Waals surface area contributed by atoms with Crippen LogP contribution in [0.25, 0.3) is 0 Å². The number of hydrogen-bond acceptors (Lipinski definition) is 5. The monoisotopic (exact) mass is 449 g/mol. The van der Waals surface area contributed by atoms with Crippen LogP contribution in [0.3, 0.4) is 0 Å². The van der Waals surface area contributed by atoms with E-state index in [-0.39, 0.29) is 12.0 Å². The standard InChI is InChI=1S/C25H31N5OS/c1-19(2)30-23(6-11-27-30)22-16-28(14-21-7-13-32-17-21)18-25(22)8-3-12-29(24(25)31)15-20-4-9-26-10-5-20/h4-7,9-11,13,17,19,22H,3,8,12,14-16,18H2,1-2H3/t22-,25+/m0/s1. The number of aromatic nitrogens is 3. The van der Waals surface area contributed by atoms with Crippen molar-refractivity contribution >= 4 is 17.2 Å². The second-order valence-electron chi connectivity index (χ2n) is 9.49. The lowest BCUT2D eigenvalue weighted by Gasteiger charge is -2.43. The van der Waals surface area contributed by atoms with Crippen LogP contribution in [0.1, 0.15) is 55.5 Å². The van der Waals surface area contributed by atoms with E-state index in [0.717, 1.165) is 44.6 Å². The maximum absolute atomic E-state index is 14.1. The van der Waals surface area contributed by atoms with Crippen LogP contribution in [-0.2, 0) is 17.9 Å². The van der Waals surface area contributed by atoms with Gasteiger partial charge in [0.15, 0.2) is 0 Å². The first-order valence-electron chi connectivity index (χ1n) is 11.5. The predicted molar refractivity (Wildman–Crippen MR) is 126 cm³/mol. The van der Waals surface area contributed by atoms with Crippen LogP contribution in [0.15, 0.2) is 53.6 Å². The quantitative estimate of drug-likeness (QED) is 0.562. The lowest BCUT2D eigenvalue weighted by molar-refractivity contribution is -0.147. The molecule has 2 saturated heterocycles. The van der Waals surface area contributed by atoms with Crippen LogP contribution < -0.4 is 0 Å². The summed E-state index contributed by atoms with van der Waals surface area (Å²) in [6.07, 6.45) is 7.48. The number of amides is 1. The van der Waals surface area contributed by atoms with Gasteiger partial charge in [0.1, 0.15) is 0 Å². The van der Waals surface area contributed by atoms with Gasteiger partial charge < -0.3 is 4.90 Å². The summed E-state index contributed by atoms with van der Waals surface area (Å²) in [5, 5.41) is 8.97. The van der Waals surface area contributed by atoms with E-state index in [9.17, 15) is 4.79 Å². The van der Waals surface area contributed by atoms with Crippen molar-refractivity contribution in [3.8, 4) is 0 Å². The molecule has 0 radical (unpaired) electrons. The average molecular weight is 450 g/mol. The van der Waals surface area contributed by atoms with Crippen molar-refractivity contribution in [3.63, 3.8) is 0 Å². The molecule has 0 N–H and O–H groups in total. The molecule has 32 heavy (non-hydrogen) atoms. The van der Waals surface area contributed by atoms with E-state index >= 15 is 0 Å². The smallest absolute Gasteiger partial charge is 0.231 e. The van der Waals surface area contributed by atoms with Gasteiger partial charge in [0, 0.05) is 69.0 Å². The second-order valence-corrected chi connectivity index (χ2v) is 10.3. The lowest BCUT2D eigenvalue weighted by atomic mass is 9.70. The Labute approximate surface area is 193 Å². The third kappa shape index (κ3) is 3.88. The number of piperidine rings is 1. The SMILES string of the molecule is CC(C)n1nccc1[C@@H]1CN(Cc2ccsc2)C[C@]12CCCN(Cc1ccncc1)C2=O. The summed E-state index contributed by atoms with van der Waals surface area (Å²) in [5.41, 5.74) is 3.28. The molecule has 0 aromatic carbocycles. The van der Waals surface area contributed by atoms with Crippen LogP contribution >= 0.6 is 11.3 Å². The predicted octanol–water partition coefficient (Wildman–Crippen LogP) is 4.33. The zero-order valence-corrected chi connectivity index (χ0v) is 19.7. The summed E-state index contributed by atoms with van der Waals surface area (Å²) >= 11 is 1.74. The van der Waals surface area contributed by atoms with E-state index in [2.05, 4.69) is 61.3 Å². The fourth-order valence-corrected chi connectivity index (χ4v) is 6.27. The maximum atomic E-state index is 14.1. The molecule has 1 amide bonds. The Hall–Kier alpha value is -2.51. The topological polar surface area (TPSA) is 54.3 Å². The highest BCUT2D eigenvalue weighted by molar-refractivity contribution is 7.07. The first kappa shape index (κ1) is 21.3. The van der Waals surface area contributed by atoms with Crippen LogP contribution in [0, 0.1) is 5.41 Å². The Morgan fingerprint density at radius 3 is 2.72 bits per heavy atom. The molecular formula is C25H31N5OS. The number of nitrogens with zero attached hydrogens (tertiary/aromatic N) is 5. The minimum Gasteiger partial charge on any atom is -0.338 e. The number of carbonyl (C=O) groups excluding carboxylic acids is 1. The summed E-state index contributed by atoms with van der Waals surface area (Å²) in [4.78, 5) is 22.8. The zero-order chi connectivity index (χ0) is 22.1. The molecule has 0 bridgehead atoms. The van der Waals surface area contributed by atoms with Crippen LogP contribution in [0.2, 0.25) is 0 Å². The minimum absolute atomic E-state index is 0.152. The van der Waals surface area contributed by atoms with Crippen molar-refractivity contribution in [1.82, 2.24) is 24.6 Å². The lowest BCUT2D eigenvalue weighted by Crippen LogP contribution is -2.52. The number of likely N-dealkylation sites (tertiary alicyclic amines) is 2. The Kier molecular flexibility index (Phi) is 5.86. The highest BCUT2D eigenvalue weighted by atomic mass is 32.1. The van der Waals surface area contributed by atoms with Crippen molar-refractivity contribution in [1.29, 1.82) is 0 Å². The van der Waals surface area contributed by atoms with Crippen molar-refractivity contribution in [2.24, 2.45) is 5.41 Å². The van der Waals surface area contributed by atoms with E-state index < -0.39 is 5.41 Å². The van der Waals surface area contributed by atoms with E-state index in [1.165, 1.54) is 11.3 Å². The molecule has 168 valence electrons. The van der Waals surface area contributed by atoms with Crippen molar-refractivity contribution in [2.45, 2.75) is 51.7 Å². The molecule has 3 aromatic heterocycles. The highest BCUT2D eigenvalue weighted by Crippen LogP contribution is 2.50. The van der Waals surface area contributed by atoms with Gasteiger partial charge in [-0.05, 0) is 72.8 Å².